The third-order valence-electron chi connectivity index (χ3n) is 6.38. The van der Waals surface area contributed by atoms with Gasteiger partial charge in [-0.3, -0.25) is 4.57 Å². The fraction of sp³-hybridized carbons (Fsp3) is 0.440. The number of hydrogen-bond acceptors (Lipinski definition) is 2. The maximum Gasteiger partial charge on any atom is 0.147 e. The van der Waals surface area contributed by atoms with Crippen molar-refractivity contribution < 1.29 is 0 Å². The molecule has 1 saturated heterocycles. The maximum atomic E-state index is 6.16. The lowest BCUT2D eigenvalue weighted by molar-refractivity contribution is 0.476. The number of aryl methyl sites for hydroxylation is 2. The van der Waals surface area contributed by atoms with Crippen molar-refractivity contribution in [3.63, 3.8) is 0 Å². The number of benzene rings is 1. The molecule has 5 heteroatoms. The summed E-state index contributed by atoms with van der Waals surface area (Å²) in [6, 6.07) is 6.70. The van der Waals surface area contributed by atoms with Crippen molar-refractivity contribution in [3.05, 3.63) is 56.6 Å². The van der Waals surface area contributed by atoms with E-state index in [0.29, 0.717) is 11.8 Å². The van der Waals surface area contributed by atoms with Gasteiger partial charge in [0.15, 0.2) is 0 Å². The predicted molar refractivity (Wildman–Crippen MR) is 134 cm³/mol. The third-order valence-corrected chi connectivity index (χ3v) is 7.59. The maximum absolute atomic E-state index is 6.16. The van der Waals surface area contributed by atoms with Gasteiger partial charge in [0.25, 0.3) is 0 Å². The Morgan fingerprint density at radius 2 is 1.63 bits per heavy atom. The Morgan fingerprint density at radius 3 is 2.20 bits per heavy atom. The summed E-state index contributed by atoms with van der Waals surface area (Å²) in [5.74, 6) is 0.784. The zero-order valence-corrected chi connectivity index (χ0v) is 21.6. The fourth-order valence-electron chi connectivity index (χ4n) is 4.46. The van der Waals surface area contributed by atoms with Gasteiger partial charge in [-0.1, -0.05) is 13.8 Å². The zero-order chi connectivity index (χ0) is 21.7. The Kier molecular flexibility index (Phi) is 6.06. The molecule has 0 saturated carbocycles. The molecule has 1 aromatic carbocycles. The van der Waals surface area contributed by atoms with Gasteiger partial charge in [0, 0.05) is 44.5 Å². The first-order valence-corrected chi connectivity index (χ1v) is 12.3. The highest BCUT2D eigenvalue weighted by Gasteiger charge is 2.25. The van der Waals surface area contributed by atoms with E-state index in [2.05, 4.69) is 94.1 Å². The second-order valence-corrected chi connectivity index (χ2v) is 10.5. The molecule has 3 aromatic rings. The van der Waals surface area contributed by atoms with E-state index >= 15 is 0 Å². The first-order valence-electron chi connectivity index (χ1n) is 10.7. The molecule has 0 aliphatic carbocycles. The molecule has 0 N–H and O–H groups in total. The smallest absolute Gasteiger partial charge is 0.147 e. The van der Waals surface area contributed by atoms with E-state index in [9.17, 15) is 0 Å². The van der Waals surface area contributed by atoms with Gasteiger partial charge in [0.05, 0.1) is 5.69 Å². The highest BCUT2D eigenvalue weighted by atomic mass is 79.9. The molecule has 2 aromatic heterocycles. The van der Waals surface area contributed by atoms with Gasteiger partial charge in [-0.15, -0.1) is 0 Å². The Labute approximate surface area is 197 Å². The predicted octanol–water partition coefficient (Wildman–Crippen LogP) is 7.53. The summed E-state index contributed by atoms with van der Waals surface area (Å²) in [4.78, 5) is 7.50. The molecule has 1 aliphatic rings. The van der Waals surface area contributed by atoms with Crippen molar-refractivity contribution in [3.8, 4) is 5.69 Å². The summed E-state index contributed by atoms with van der Waals surface area (Å²) >= 11 is 7.70. The van der Waals surface area contributed by atoms with Gasteiger partial charge in [-0.25, -0.2) is 4.98 Å². The molecular weight excluding hydrogens is 502 g/mol. The van der Waals surface area contributed by atoms with Gasteiger partial charge >= 0.3 is 0 Å². The van der Waals surface area contributed by atoms with Crippen molar-refractivity contribution in [1.29, 1.82) is 0 Å². The first kappa shape index (κ1) is 21.9. The molecule has 3 nitrogen and oxygen atoms in total. The molecule has 0 atom stereocenters. The van der Waals surface area contributed by atoms with Crippen molar-refractivity contribution in [1.82, 2.24) is 9.55 Å². The van der Waals surface area contributed by atoms with Crippen molar-refractivity contribution in [2.24, 2.45) is 5.92 Å². The zero-order valence-electron chi connectivity index (χ0n) is 18.4. The minimum absolute atomic E-state index is 0.318. The molecule has 1 fully saturated rings. The lowest BCUT2D eigenvalue weighted by Gasteiger charge is -2.32. The molecule has 0 amide bonds. The topological polar surface area (TPSA) is 21.1 Å². The van der Waals surface area contributed by atoms with Crippen molar-refractivity contribution in [2.45, 2.75) is 53.4 Å². The number of fused-ring (bicyclic) bond motifs is 1. The molecule has 30 heavy (non-hydrogen) atoms. The van der Waals surface area contributed by atoms with Crippen LogP contribution in [0.15, 0.2) is 27.1 Å². The van der Waals surface area contributed by atoms with Crippen LogP contribution in [0.5, 0.6) is 0 Å². The van der Waals surface area contributed by atoms with E-state index in [-0.39, 0.29) is 0 Å². The quantitative estimate of drug-likeness (QED) is 0.349. The van der Waals surface area contributed by atoms with Gasteiger partial charge in [-0.05, 0) is 114 Å². The van der Waals surface area contributed by atoms with Crippen LogP contribution in [0.1, 0.15) is 55.1 Å². The molecule has 158 valence electrons. The standard InChI is InChI=1S/C25H29Br2N3/c1-14(2)19-12-20(26)24(21(27)13-19)30-18(6)17(5)23-22(11-16(4)28-25(23)30)29-9-7-15(3)8-10-29/h3,11-15H,7-10H2,1-2,4-6H3. The van der Waals surface area contributed by atoms with Gasteiger partial charge in [0.2, 0.25) is 0 Å². The molecule has 3 heterocycles. The largest absolute Gasteiger partial charge is 0.371 e. The highest BCUT2D eigenvalue weighted by Crippen LogP contribution is 2.41. The summed E-state index contributed by atoms with van der Waals surface area (Å²) in [5.41, 5.74) is 8.27. The Bertz CT molecular complexity index is 1080. The minimum Gasteiger partial charge on any atom is -0.371 e. The molecule has 2 radical (unpaired) electrons. The van der Waals surface area contributed by atoms with E-state index in [4.69, 9.17) is 11.9 Å². The van der Waals surface area contributed by atoms with Crippen LogP contribution in [-0.2, 0) is 0 Å². The lowest BCUT2D eigenvalue weighted by atomic mass is 9.98. The number of hydrogen-bond donors (Lipinski definition) is 0. The monoisotopic (exact) mass is 529 g/mol. The number of halogens is 2. The number of piperidine rings is 1. The summed E-state index contributed by atoms with van der Waals surface area (Å²) in [5, 5.41) is 1.25. The van der Waals surface area contributed by atoms with E-state index in [0.717, 1.165) is 51.9 Å². The first-order chi connectivity index (χ1) is 14.2. The van der Waals surface area contributed by atoms with E-state index in [1.807, 2.05) is 0 Å². The molecule has 0 unspecified atom stereocenters. The fourth-order valence-corrected chi connectivity index (χ4v) is 6.04. The SMILES string of the molecule is [CH]C1CCN(c2cc(C)nc3c2c(C)c(C)n3-c2c(Br)cc(C(C)C)cc2Br)CC1. The van der Waals surface area contributed by atoms with Crippen LogP contribution in [0.3, 0.4) is 0 Å². The van der Waals surface area contributed by atoms with E-state index in [1.165, 1.54) is 27.9 Å². The third kappa shape index (κ3) is 3.73. The normalized spacial score (nSPS) is 15.6. The van der Waals surface area contributed by atoms with Crippen LogP contribution in [0.25, 0.3) is 16.7 Å². The van der Waals surface area contributed by atoms with E-state index < -0.39 is 0 Å². The van der Waals surface area contributed by atoms with Gasteiger partial charge in [0.1, 0.15) is 5.65 Å². The van der Waals surface area contributed by atoms with Crippen LogP contribution >= 0.6 is 31.9 Å². The Balaban J connectivity index is 1.97. The summed E-state index contributed by atoms with van der Waals surface area (Å²) < 4.78 is 4.46. The molecular formula is C25H29Br2N3. The van der Waals surface area contributed by atoms with Crippen molar-refractivity contribution >= 4 is 48.6 Å². The number of anilines is 1. The van der Waals surface area contributed by atoms with Crippen LogP contribution in [0, 0.1) is 33.6 Å². The second-order valence-electron chi connectivity index (χ2n) is 8.84. The van der Waals surface area contributed by atoms with Gasteiger partial charge < -0.3 is 4.90 Å². The summed E-state index contributed by atoms with van der Waals surface area (Å²) in [6.07, 6.45) is 2.07. The number of aromatic nitrogens is 2. The highest BCUT2D eigenvalue weighted by molar-refractivity contribution is 9.11. The van der Waals surface area contributed by atoms with Crippen LogP contribution in [-0.4, -0.2) is 22.6 Å². The summed E-state index contributed by atoms with van der Waals surface area (Å²) in [7, 11) is 0. The molecule has 1 aliphatic heterocycles. The van der Waals surface area contributed by atoms with Gasteiger partial charge in [-0.2, -0.15) is 0 Å². The molecule has 0 bridgehead atoms. The van der Waals surface area contributed by atoms with E-state index in [1.54, 1.807) is 0 Å². The number of nitrogens with zero attached hydrogens (tertiary/aromatic N) is 3. The molecule has 0 spiro atoms. The van der Waals surface area contributed by atoms with Crippen LogP contribution in [0.4, 0.5) is 5.69 Å². The van der Waals surface area contributed by atoms with Crippen molar-refractivity contribution in [2.75, 3.05) is 18.0 Å². The number of rotatable bonds is 3. The second kappa shape index (κ2) is 8.31. The van der Waals surface area contributed by atoms with Crippen LogP contribution in [0.2, 0.25) is 0 Å². The summed E-state index contributed by atoms with van der Waals surface area (Å²) in [6.45, 7) is 19.1. The minimum atomic E-state index is 0.318. The lowest BCUT2D eigenvalue weighted by Crippen LogP contribution is -2.33. The Hall–Kier alpha value is -1.33. The average molecular weight is 531 g/mol. The average Bonchev–Trinajstić information content (AvgIpc) is 2.92. The number of pyridine rings is 1. The van der Waals surface area contributed by atoms with Crippen LogP contribution < -0.4 is 4.90 Å². The molecule has 4 rings (SSSR count). The Morgan fingerprint density at radius 1 is 1.03 bits per heavy atom.